The molecule has 0 saturated heterocycles. The van der Waals surface area contributed by atoms with Crippen LogP contribution in [0.4, 0.5) is 0 Å². The fourth-order valence-electron chi connectivity index (χ4n) is 1.89. The van der Waals surface area contributed by atoms with Crippen LogP contribution in [0, 0.1) is 0 Å². The predicted octanol–water partition coefficient (Wildman–Crippen LogP) is 1.55. The van der Waals surface area contributed by atoms with E-state index in [-0.39, 0.29) is 5.75 Å². The molecule has 0 radical (unpaired) electrons. The summed E-state index contributed by atoms with van der Waals surface area (Å²) in [4.78, 5) is 2.30. The summed E-state index contributed by atoms with van der Waals surface area (Å²) in [6.45, 7) is 7.02. The fourth-order valence-corrected chi connectivity index (χ4v) is 3.20. The van der Waals surface area contributed by atoms with Gasteiger partial charge >= 0.3 is 0 Å². The normalized spacial score (nSPS) is 12.9. The van der Waals surface area contributed by atoms with Gasteiger partial charge in [0.1, 0.15) is 0 Å². The number of rotatable bonds is 7. The van der Waals surface area contributed by atoms with E-state index in [0.717, 1.165) is 0 Å². The Kier molecular flexibility index (Phi) is 5.52. The molecule has 1 rings (SSSR count). The van der Waals surface area contributed by atoms with Crippen molar-refractivity contribution < 1.29 is 13.5 Å². The van der Waals surface area contributed by atoms with Gasteiger partial charge in [-0.3, -0.25) is 4.90 Å². The quantitative estimate of drug-likeness (QED) is 0.826. The van der Waals surface area contributed by atoms with Crippen LogP contribution in [0.3, 0.4) is 0 Å². The molecule has 0 aliphatic carbocycles. The molecule has 0 fully saturated rings. The van der Waals surface area contributed by atoms with Gasteiger partial charge in [0.05, 0.1) is 16.2 Å². The van der Waals surface area contributed by atoms with Gasteiger partial charge in [0.25, 0.3) is 0 Å². The molecule has 1 N–H and O–H groups in total. The van der Waals surface area contributed by atoms with Gasteiger partial charge in [-0.25, -0.2) is 8.42 Å². The summed E-state index contributed by atoms with van der Waals surface area (Å²) in [6.07, 6.45) is 0. The van der Waals surface area contributed by atoms with Gasteiger partial charge in [-0.2, -0.15) is 0 Å². The molecule has 19 heavy (non-hydrogen) atoms. The molecule has 1 aromatic rings. The van der Waals surface area contributed by atoms with Crippen LogP contribution in [0.1, 0.15) is 20.8 Å². The van der Waals surface area contributed by atoms with Crippen molar-refractivity contribution >= 4 is 9.84 Å². The van der Waals surface area contributed by atoms with E-state index in [2.05, 4.69) is 0 Å². The summed E-state index contributed by atoms with van der Waals surface area (Å²) in [5.41, 5.74) is -0.813. The summed E-state index contributed by atoms with van der Waals surface area (Å²) in [6, 6.07) is 8.47. The fraction of sp³-hybridized carbons (Fsp3) is 0.571. The highest BCUT2D eigenvalue weighted by molar-refractivity contribution is 7.91. The van der Waals surface area contributed by atoms with Crippen molar-refractivity contribution in [3.8, 4) is 0 Å². The van der Waals surface area contributed by atoms with E-state index in [1.54, 1.807) is 44.2 Å². The van der Waals surface area contributed by atoms with Crippen LogP contribution < -0.4 is 0 Å². The van der Waals surface area contributed by atoms with Gasteiger partial charge in [0.2, 0.25) is 0 Å². The maximum absolute atomic E-state index is 12.1. The zero-order chi connectivity index (χ0) is 14.5. The largest absolute Gasteiger partial charge is 0.389 e. The zero-order valence-electron chi connectivity index (χ0n) is 11.8. The van der Waals surface area contributed by atoms with Crippen LogP contribution >= 0.6 is 0 Å². The maximum atomic E-state index is 12.1. The first-order valence-electron chi connectivity index (χ1n) is 6.47. The van der Waals surface area contributed by atoms with Crippen molar-refractivity contribution in [2.24, 2.45) is 0 Å². The Morgan fingerprint density at radius 3 is 2.26 bits per heavy atom. The Bertz CT molecular complexity index is 477. The van der Waals surface area contributed by atoms with E-state index < -0.39 is 15.4 Å². The van der Waals surface area contributed by atoms with Crippen molar-refractivity contribution in [1.29, 1.82) is 0 Å². The number of hydrogen-bond acceptors (Lipinski definition) is 4. The van der Waals surface area contributed by atoms with Crippen molar-refractivity contribution in [3.05, 3.63) is 30.3 Å². The first-order chi connectivity index (χ1) is 8.74. The van der Waals surface area contributed by atoms with Crippen LogP contribution in [-0.2, 0) is 9.84 Å². The predicted molar refractivity (Wildman–Crippen MR) is 76.9 cm³/mol. The summed E-state index contributed by atoms with van der Waals surface area (Å²) in [5, 5.41) is 9.77. The molecule has 5 heteroatoms. The molecule has 0 atom stereocenters. The highest BCUT2D eigenvalue weighted by Gasteiger charge is 2.20. The Hall–Kier alpha value is -0.910. The lowest BCUT2D eigenvalue weighted by molar-refractivity contribution is 0.0398. The average molecular weight is 285 g/mol. The van der Waals surface area contributed by atoms with Crippen LogP contribution in [0.5, 0.6) is 0 Å². The maximum Gasteiger partial charge on any atom is 0.179 e. The molecule has 0 heterocycles. The summed E-state index contributed by atoms with van der Waals surface area (Å²) in [5.74, 6) is 0.0704. The second-order valence-corrected chi connectivity index (χ2v) is 7.42. The molecule has 1 aromatic carbocycles. The minimum atomic E-state index is -3.24. The number of likely N-dealkylation sites (N-methyl/N-ethyl adjacent to an activating group) is 1. The van der Waals surface area contributed by atoms with Gasteiger partial charge < -0.3 is 5.11 Å². The molecule has 0 saturated carbocycles. The highest BCUT2D eigenvalue weighted by atomic mass is 32.2. The van der Waals surface area contributed by atoms with Gasteiger partial charge in [-0.05, 0) is 32.5 Å². The third kappa shape index (κ3) is 5.72. The summed E-state index contributed by atoms with van der Waals surface area (Å²) in [7, 11) is -3.24. The molecule has 0 unspecified atom stereocenters. The molecular weight excluding hydrogens is 262 g/mol. The van der Waals surface area contributed by atoms with Gasteiger partial charge in [0.15, 0.2) is 9.84 Å². The SMILES string of the molecule is CCN(CCS(=O)(=O)c1ccccc1)CC(C)(C)O. The third-order valence-corrected chi connectivity index (χ3v) is 4.55. The number of nitrogens with zero attached hydrogens (tertiary/aromatic N) is 1. The number of sulfone groups is 1. The molecule has 0 aliphatic heterocycles. The van der Waals surface area contributed by atoms with Crippen molar-refractivity contribution in [3.63, 3.8) is 0 Å². The lowest BCUT2D eigenvalue weighted by Gasteiger charge is -2.27. The topological polar surface area (TPSA) is 57.6 Å². The summed E-state index contributed by atoms with van der Waals surface area (Å²) >= 11 is 0. The molecule has 0 spiro atoms. The molecule has 0 aliphatic rings. The molecular formula is C14H23NO3S. The van der Waals surface area contributed by atoms with E-state index in [1.165, 1.54) is 0 Å². The van der Waals surface area contributed by atoms with Crippen molar-refractivity contribution in [1.82, 2.24) is 4.90 Å². The van der Waals surface area contributed by atoms with E-state index in [0.29, 0.717) is 24.5 Å². The minimum absolute atomic E-state index is 0.0704. The van der Waals surface area contributed by atoms with Gasteiger partial charge in [0, 0.05) is 13.1 Å². The average Bonchev–Trinajstić information content (AvgIpc) is 2.34. The third-order valence-electron chi connectivity index (χ3n) is 2.84. The first kappa shape index (κ1) is 16.1. The van der Waals surface area contributed by atoms with Crippen LogP contribution in [0.15, 0.2) is 35.2 Å². The molecule has 0 aromatic heterocycles. The number of aliphatic hydroxyl groups is 1. The standard InChI is InChI=1S/C14H23NO3S/c1-4-15(12-14(2,3)16)10-11-19(17,18)13-8-6-5-7-9-13/h5-9,16H,4,10-12H2,1-3H3. The number of hydrogen-bond donors (Lipinski definition) is 1. The van der Waals surface area contributed by atoms with Crippen LogP contribution in [0.2, 0.25) is 0 Å². The van der Waals surface area contributed by atoms with Crippen LogP contribution in [0.25, 0.3) is 0 Å². The molecule has 4 nitrogen and oxygen atoms in total. The molecule has 0 amide bonds. The van der Waals surface area contributed by atoms with E-state index in [1.807, 2.05) is 11.8 Å². The monoisotopic (exact) mass is 285 g/mol. The smallest absolute Gasteiger partial charge is 0.179 e. The lowest BCUT2D eigenvalue weighted by Crippen LogP contribution is -2.40. The molecule has 0 bridgehead atoms. The Balaban J connectivity index is 2.65. The second-order valence-electron chi connectivity index (χ2n) is 5.31. The minimum Gasteiger partial charge on any atom is -0.389 e. The van der Waals surface area contributed by atoms with E-state index in [9.17, 15) is 13.5 Å². The van der Waals surface area contributed by atoms with Crippen molar-refractivity contribution in [2.75, 3.05) is 25.4 Å². The van der Waals surface area contributed by atoms with Crippen LogP contribution in [-0.4, -0.2) is 49.4 Å². The second kappa shape index (κ2) is 6.50. The Labute approximate surface area is 116 Å². The Morgan fingerprint density at radius 1 is 1.21 bits per heavy atom. The Morgan fingerprint density at radius 2 is 1.79 bits per heavy atom. The molecule has 108 valence electrons. The summed E-state index contributed by atoms with van der Waals surface area (Å²) < 4.78 is 24.3. The van der Waals surface area contributed by atoms with Gasteiger partial charge in [-0.15, -0.1) is 0 Å². The highest BCUT2D eigenvalue weighted by Crippen LogP contribution is 2.11. The van der Waals surface area contributed by atoms with E-state index >= 15 is 0 Å². The zero-order valence-corrected chi connectivity index (χ0v) is 12.7. The van der Waals surface area contributed by atoms with Crippen molar-refractivity contribution in [2.45, 2.75) is 31.3 Å². The first-order valence-corrected chi connectivity index (χ1v) is 8.12. The number of benzene rings is 1. The van der Waals surface area contributed by atoms with Gasteiger partial charge in [-0.1, -0.05) is 25.1 Å². The lowest BCUT2D eigenvalue weighted by atomic mass is 10.1. The van der Waals surface area contributed by atoms with E-state index in [4.69, 9.17) is 0 Å².